The Morgan fingerprint density at radius 2 is 1.58 bits per heavy atom. The van der Waals surface area contributed by atoms with Gasteiger partial charge < -0.3 is 11.1 Å². The minimum Gasteiger partial charge on any atom is -0.399 e. The fraction of sp³-hybridized carbons (Fsp3) is 0.294. The van der Waals surface area contributed by atoms with E-state index in [0.717, 1.165) is 17.1 Å². The molecule has 0 saturated carbocycles. The van der Waals surface area contributed by atoms with E-state index in [9.17, 15) is 0 Å². The van der Waals surface area contributed by atoms with Crippen molar-refractivity contribution in [3.63, 3.8) is 0 Å². The molecule has 0 fully saturated rings. The van der Waals surface area contributed by atoms with Crippen molar-refractivity contribution >= 4 is 11.4 Å². The second-order valence-corrected chi connectivity index (χ2v) is 3.22. The molecule has 0 aliphatic carbocycles. The van der Waals surface area contributed by atoms with Gasteiger partial charge in [0.15, 0.2) is 0 Å². The molecule has 2 heteroatoms. The molecule has 0 atom stereocenters. The molecule has 0 aromatic heterocycles. The number of allylic oxidation sites excluding steroid dienone is 5. The fourth-order valence-electron chi connectivity index (χ4n) is 1.11. The van der Waals surface area contributed by atoms with Gasteiger partial charge in [-0.3, -0.25) is 0 Å². The van der Waals surface area contributed by atoms with Gasteiger partial charge in [-0.05, 0) is 37.3 Å². The van der Waals surface area contributed by atoms with E-state index in [1.165, 1.54) is 0 Å². The molecule has 1 aromatic rings. The summed E-state index contributed by atoms with van der Waals surface area (Å²) >= 11 is 0. The molecule has 0 aliphatic heterocycles. The highest BCUT2D eigenvalue weighted by Gasteiger charge is 1.91. The lowest BCUT2D eigenvalue weighted by molar-refractivity contribution is 1.38. The third-order valence-electron chi connectivity index (χ3n) is 1.85. The van der Waals surface area contributed by atoms with E-state index in [-0.39, 0.29) is 0 Å². The summed E-state index contributed by atoms with van der Waals surface area (Å²) in [5.41, 5.74) is 8.46. The van der Waals surface area contributed by atoms with Gasteiger partial charge in [0, 0.05) is 17.1 Å². The standard InChI is InChI=1S/C13H16N2.2C2H6/c1-3-4-5-6-11(2)15-13-9-7-12(14)8-10-13;2*1-2/h3-10,15H,1,14H2,2H3;2*1-2H3/b5-4-,11-6+;;. The van der Waals surface area contributed by atoms with Crippen molar-refractivity contribution < 1.29 is 0 Å². The summed E-state index contributed by atoms with van der Waals surface area (Å²) in [6.45, 7) is 13.6. The molecule has 0 unspecified atom stereocenters. The van der Waals surface area contributed by atoms with Gasteiger partial charge in [-0.1, -0.05) is 52.5 Å². The molecule has 106 valence electrons. The molecule has 0 radical (unpaired) electrons. The predicted molar refractivity (Wildman–Crippen MR) is 90.3 cm³/mol. The smallest absolute Gasteiger partial charge is 0.0383 e. The summed E-state index contributed by atoms with van der Waals surface area (Å²) in [4.78, 5) is 0. The van der Waals surface area contributed by atoms with E-state index in [1.807, 2.05) is 77.1 Å². The van der Waals surface area contributed by atoms with Gasteiger partial charge in [0.25, 0.3) is 0 Å². The molecule has 0 bridgehead atoms. The zero-order valence-corrected chi connectivity index (χ0v) is 12.9. The third-order valence-corrected chi connectivity index (χ3v) is 1.85. The van der Waals surface area contributed by atoms with Crippen LogP contribution in [-0.4, -0.2) is 0 Å². The van der Waals surface area contributed by atoms with Gasteiger partial charge >= 0.3 is 0 Å². The lowest BCUT2D eigenvalue weighted by Gasteiger charge is -2.05. The molecular formula is C17H28N2. The highest BCUT2D eigenvalue weighted by molar-refractivity contribution is 5.54. The van der Waals surface area contributed by atoms with Crippen LogP contribution in [0.15, 0.2) is 60.8 Å². The van der Waals surface area contributed by atoms with Crippen molar-refractivity contribution in [1.29, 1.82) is 0 Å². The molecule has 0 amide bonds. The van der Waals surface area contributed by atoms with Crippen molar-refractivity contribution in [1.82, 2.24) is 0 Å². The maximum atomic E-state index is 5.59. The Bertz CT molecular complexity index is 373. The Morgan fingerprint density at radius 1 is 1.05 bits per heavy atom. The normalized spacial score (nSPS) is 9.84. The zero-order valence-electron chi connectivity index (χ0n) is 12.9. The van der Waals surface area contributed by atoms with Crippen LogP contribution in [0.4, 0.5) is 11.4 Å². The van der Waals surface area contributed by atoms with Gasteiger partial charge in [-0.25, -0.2) is 0 Å². The second kappa shape index (κ2) is 14.1. The first-order valence-electron chi connectivity index (χ1n) is 6.81. The first kappa shape index (κ1) is 19.4. The van der Waals surface area contributed by atoms with E-state index in [0.29, 0.717) is 0 Å². The lowest BCUT2D eigenvalue weighted by Crippen LogP contribution is -1.95. The minimum absolute atomic E-state index is 0.772. The van der Waals surface area contributed by atoms with E-state index in [1.54, 1.807) is 6.08 Å². The first-order valence-corrected chi connectivity index (χ1v) is 6.81. The quantitative estimate of drug-likeness (QED) is 0.563. The maximum Gasteiger partial charge on any atom is 0.0383 e. The van der Waals surface area contributed by atoms with Crippen molar-refractivity contribution in [2.45, 2.75) is 34.6 Å². The number of hydrogen-bond acceptors (Lipinski definition) is 2. The Kier molecular flexibility index (Phi) is 14.4. The molecule has 2 nitrogen and oxygen atoms in total. The summed E-state index contributed by atoms with van der Waals surface area (Å²) in [6, 6.07) is 7.64. The first-order chi connectivity index (χ1) is 9.22. The van der Waals surface area contributed by atoms with E-state index in [2.05, 4.69) is 11.9 Å². The van der Waals surface area contributed by atoms with Crippen molar-refractivity contribution in [2.75, 3.05) is 11.1 Å². The number of anilines is 2. The average Bonchev–Trinajstić information content (AvgIpc) is 2.46. The molecule has 0 spiro atoms. The summed E-state index contributed by atoms with van der Waals surface area (Å²) in [5.74, 6) is 0. The van der Waals surface area contributed by atoms with Gasteiger partial charge in [0.1, 0.15) is 0 Å². The predicted octanol–water partition coefficient (Wildman–Crippen LogP) is 5.38. The molecule has 0 heterocycles. The Morgan fingerprint density at radius 3 is 2.05 bits per heavy atom. The van der Waals surface area contributed by atoms with E-state index >= 15 is 0 Å². The number of nitrogens with two attached hydrogens (primary N) is 1. The van der Waals surface area contributed by atoms with Crippen molar-refractivity contribution in [3.8, 4) is 0 Å². The highest BCUT2D eigenvalue weighted by atomic mass is 14.9. The summed E-state index contributed by atoms with van der Waals surface area (Å²) in [5, 5.41) is 3.25. The molecule has 0 aliphatic rings. The Balaban J connectivity index is 0. The highest BCUT2D eigenvalue weighted by Crippen LogP contribution is 2.12. The number of hydrogen-bond donors (Lipinski definition) is 2. The monoisotopic (exact) mass is 260 g/mol. The van der Waals surface area contributed by atoms with Gasteiger partial charge in [0.2, 0.25) is 0 Å². The lowest BCUT2D eigenvalue weighted by atomic mass is 10.2. The third kappa shape index (κ3) is 10.9. The van der Waals surface area contributed by atoms with Crippen LogP contribution in [0.25, 0.3) is 0 Å². The Labute approximate surface area is 118 Å². The van der Waals surface area contributed by atoms with E-state index in [4.69, 9.17) is 5.73 Å². The molecule has 1 rings (SSSR count). The largest absolute Gasteiger partial charge is 0.399 e. The van der Waals surface area contributed by atoms with Crippen LogP contribution >= 0.6 is 0 Å². The summed E-state index contributed by atoms with van der Waals surface area (Å²) < 4.78 is 0. The van der Waals surface area contributed by atoms with Crippen LogP contribution in [0.2, 0.25) is 0 Å². The van der Waals surface area contributed by atoms with Crippen LogP contribution in [0, 0.1) is 0 Å². The number of benzene rings is 1. The summed E-state index contributed by atoms with van der Waals surface area (Å²) in [6.07, 6.45) is 7.55. The number of nitrogens with one attached hydrogen (secondary N) is 1. The van der Waals surface area contributed by atoms with Crippen LogP contribution in [-0.2, 0) is 0 Å². The zero-order chi connectivity index (χ0) is 15.1. The van der Waals surface area contributed by atoms with Crippen LogP contribution in [0.3, 0.4) is 0 Å². The van der Waals surface area contributed by atoms with E-state index < -0.39 is 0 Å². The topological polar surface area (TPSA) is 38.0 Å². The van der Waals surface area contributed by atoms with Crippen molar-refractivity contribution in [2.24, 2.45) is 0 Å². The fourth-order valence-corrected chi connectivity index (χ4v) is 1.11. The average molecular weight is 260 g/mol. The maximum absolute atomic E-state index is 5.59. The Hall–Kier alpha value is -1.96. The number of rotatable bonds is 4. The van der Waals surface area contributed by atoms with Gasteiger partial charge in [-0.2, -0.15) is 0 Å². The SMILES string of the molecule is C=C/C=C\C=C(/C)Nc1ccc(N)cc1.CC.CC. The summed E-state index contributed by atoms with van der Waals surface area (Å²) in [7, 11) is 0. The van der Waals surface area contributed by atoms with Crippen molar-refractivity contribution in [3.05, 3.63) is 60.8 Å². The second-order valence-electron chi connectivity index (χ2n) is 3.22. The molecular weight excluding hydrogens is 232 g/mol. The molecule has 1 aromatic carbocycles. The van der Waals surface area contributed by atoms with Gasteiger partial charge in [0.05, 0.1) is 0 Å². The molecule has 19 heavy (non-hydrogen) atoms. The van der Waals surface area contributed by atoms with Crippen LogP contribution in [0.1, 0.15) is 34.6 Å². The number of nitrogen functional groups attached to an aromatic ring is 1. The van der Waals surface area contributed by atoms with Crippen LogP contribution < -0.4 is 11.1 Å². The molecule has 0 saturated heterocycles. The van der Waals surface area contributed by atoms with Gasteiger partial charge in [-0.15, -0.1) is 0 Å². The van der Waals surface area contributed by atoms with Crippen LogP contribution in [0.5, 0.6) is 0 Å². The minimum atomic E-state index is 0.772. The molecule has 3 N–H and O–H groups in total.